The number of hydrogen-bond acceptors (Lipinski definition) is 5. The zero-order valence-corrected chi connectivity index (χ0v) is 19.7. The lowest BCUT2D eigenvalue weighted by Crippen LogP contribution is -2.41. The normalized spacial score (nSPS) is 12.0. The van der Waals surface area contributed by atoms with Crippen molar-refractivity contribution in [1.29, 1.82) is 0 Å². The van der Waals surface area contributed by atoms with Crippen molar-refractivity contribution in [3.05, 3.63) is 83.5 Å². The first-order chi connectivity index (χ1) is 16.5. The molecule has 1 atom stereocenters. The van der Waals surface area contributed by atoms with Crippen LogP contribution in [0.15, 0.2) is 65.4 Å². The van der Waals surface area contributed by atoms with E-state index in [1.807, 2.05) is 44.2 Å². The lowest BCUT2D eigenvalue weighted by atomic mass is 10.0. The Balaban J connectivity index is 1.47. The molecule has 0 aliphatic heterocycles. The highest BCUT2D eigenvalue weighted by Crippen LogP contribution is 2.18. The van der Waals surface area contributed by atoms with Crippen LogP contribution in [0.2, 0.25) is 0 Å². The second kappa shape index (κ2) is 10.3. The third kappa shape index (κ3) is 5.17. The fourth-order valence-electron chi connectivity index (χ4n) is 4.09. The number of carbonyl (C=O) groups excluding carboxylic acids is 2. The lowest BCUT2D eigenvalue weighted by Gasteiger charge is -2.29. The fourth-order valence-corrected chi connectivity index (χ4v) is 4.09. The zero-order chi connectivity index (χ0) is 24.1. The maximum Gasteiger partial charge on any atom is 0.269 e. The molecule has 0 bridgehead atoms. The molecule has 2 aromatic carbocycles. The van der Waals surface area contributed by atoms with Gasteiger partial charge in [0.25, 0.3) is 11.8 Å². The van der Waals surface area contributed by atoms with Crippen molar-refractivity contribution in [2.45, 2.75) is 39.3 Å². The number of nitrogens with zero attached hydrogens (tertiary/aromatic N) is 4. The van der Waals surface area contributed by atoms with Crippen LogP contribution in [0.25, 0.3) is 11.1 Å². The highest BCUT2D eigenvalue weighted by atomic mass is 16.3. The van der Waals surface area contributed by atoms with Crippen molar-refractivity contribution in [2.75, 3.05) is 13.6 Å². The van der Waals surface area contributed by atoms with E-state index >= 15 is 0 Å². The van der Waals surface area contributed by atoms with E-state index in [-0.39, 0.29) is 17.9 Å². The van der Waals surface area contributed by atoms with Crippen molar-refractivity contribution >= 4 is 22.9 Å². The average Bonchev–Trinajstić information content (AvgIpc) is 3.48. The van der Waals surface area contributed by atoms with E-state index in [1.54, 1.807) is 40.9 Å². The molecule has 4 rings (SSSR count). The Labute approximate surface area is 198 Å². The predicted molar refractivity (Wildman–Crippen MR) is 130 cm³/mol. The molecular formula is C26H29N5O3. The van der Waals surface area contributed by atoms with Crippen LogP contribution in [0.5, 0.6) is 0 Å². The number of aryl methyl sites for hydroxylation is 2. The molecule has 2 aromatic heterocycles. The van der Waals surface area contributed by atoms with E-state index in [0.717, 1.165) is 11.3 Å². The minimum atomic E-state index is -0.161. The number of likely N-dealkylation sites (N-methyl/N-ethyl adjacent to an activating group) is 1. The van der Waals surface area contributed by atoms with Crippen molar-refractivity contribution in [1.82, 2.24) is 25.0 Å². The minimum absolute atomic E-state index is 0.100. The molecule has 0 aliphatic rings. The highest BCUT2D eigenvalue weighted by molar-refractivity contribution is 5.97. The monoisotopic (exact) mass is 459 g/mol. The summed E-state index contributed by atoms with van der Waals surface area (Å²) in [6.45, 7) is 4.89. The molecule has 0 radical (unpaired) electrons. The Hall–Kier alpha value is -3.94. The van der Waals surface area contributed by atoms with Crippen LogP contribution in [0.3, 0.4) is 0 Å². The van der Waals surface area contributed by atoms with Gasteiger partial charge >= 0.3 is 0 Å². The maximum atomic E-state index is 13.3. The number of rotatable bonds is 9. The number of amides is 2. The summed E-state index contributed by atoms with van der Waals surface area (Å²) in [5.74, 6) is -0.261. The minimum Gasteiger partial charge on any atom is -0.443 e. The number of nitrogens with one attached hydrogen (secondary N) is 1. The predicted octanol–water partition coefficient (Wildman–Crippen LogP) is 3.86. The van der Waals surface area contributed by atoms with Crippen LogP contribution in [-0.2, 0) is 13.0 Å². The number of hydrogen-bond donors (Lipinski definition) is 1. The Morgan fingerprint density at radius 1 is 1.15 bits per heavy atom. The summed E-state index contributed by atoms with van der Waals surface area (Å²) >= 11 is 0. The fraction of sp³-hybridized carbons (Fsp3) is 0.308. The molecule has 0 saturated heterocycles. The molecule has 8 heteroatoms. The molecule has 0 saturated carbocycles. The highest BCUT2D eigenvalue weighted by Gasteiger charge is 2.23. The molecule has 8 nitrogen and oxygen atoms in total. The van der Waals surface area contributed by atoms with E-state index in [2.05, 4.69) is 15.4 Å². The van der Waals surface area contributed by atoms with Gasteiger partial charge in [0.15, 0.2) is 12.0 Å². The topological polar surface area (TPSA) is 93.3 Å². The maximum absolute atomic E-state index is 13.3. The van der Waals surface area contributed by atoms with Gasteiger partial charge in [0, 0.05) is 31.7 Å². The van der Waals surface area contributed by atoms with Gasteiger partial charge in [0.05, 0.1) is 5.69 Å². The van der Waals surface area contributed by atoms with E-state index < -0.39 is 0 Å². The number of fused-ring (bicyclic) bond motifs is 1. The average molecular weight is 460 g/mol. The number of aromatic nitrogens is 3. The van der Waals surface area contributed by atoms with Gasteiger partial charge in [-0.1, -0.05) is 30.3 Å². The first-order valence-electron chi connectivity index (χ1n) is 11.4. The Morgan fingerprint density at radius 2 is 1.94 bits per heavy atom. The van der Waals surface area contributed by atoms with E-state index in [1.165, 1.54) is 6.39 Å². The molecule has 0 unspecified atom stereocenters. The number of carbonyl (C=O) groups is 2. The van der Waals surface area contributed by atoms with Gasteiger partial charge in [-0.2, -0.15) is 5.10 Å². The van der Waals surface area contributed by atoms with Gasteiger partial charge in [-0.05, 0) is 56.5 Å². The first-order valence-corrected chi connectivity index (χ1v) is 11.4. The molecule has 0 fully saturated rings. The third-order valence-electron chi connectivity index (χ3n) is 5.96. The molecule has 1 N–H and O–H groups in total. The van der Waals surface area contributed by atoms with Crippen molar-refractivity contribution in [2.24, 2.45) is 0 Å². The summed E-state index contributed by atoms with van der Waals surface area (Å²) in [6.07, 6.45) is 2.65. The molecular weight excluding hydrogens is 430 g/mol. The molecule has 2 heterocycles. The zero-order valence-electron chi connectivity index (χ0n) is 19.7. The van der Waals surface area contributed by atoms with Crippen molar-refractivity contribution in [3.63, 3.8) is 0 Å². The largest absolute Gasteiger partial charge is 0.443 e. The SMILES string of the molecule is CCn1nc(C)cc1C(=O)NCC[C@H](Cc1ccccc1)N(C)C(=O)c1ccc2ocnc2c1. The van der Waals surface area contributed by atoms with Gasteiger partial charge < -0.3 is 14.6 Å². The van der Waals surface area contributed by atoms with Crippen LogP contribution in [0.4, 0.5) is 0 Å². The smallest absolute Gasteiger partial charge is 0.269 e. The summed E-state index contributed by atoms with van der Waals surface area (Å²) in [7, 11) is 1.81. The standard InChI is InChI=1S/C26H29N5O3/c1-4-31-23(14-18(2)29-31)25(32)27-13-12-21(15-19-8-6-5-7-9-19)30(3)26(33)20-10-11-24-22(16-20)28-17-34-24/h5-11,14,16-17,21H,4,12-13,15H2,1-3H3,(H,27,32)/t21-/m1/s1. The van der Waals surface area contributed by atoms with Gasteiger partial charge in [-0.25, -0.2) is 4.98 Å². The van der Waals surface area contributed by atoms with Gasteiger partial charge in [-0.15, -0.1) is 0 Å². The molecule has 0 spiro atoms. The summed E-state index contributed by atoms with van der Waals surface area (Å²) in [4.78, 5) is 32.0. The number of oxazole rings is 1. The Morgan fingerprint density at radius 3 is 2.71 bits per heavy atom. The third-order valence-corrected chi connectivity index (χ3v) is 5.96. The summed E-state index contributed by atoms with van der Waals surface area (Å²) in [6, 6.07) is 17.0. The first kappa shape index (κ1) is 23.2. The van der Waals surface area contributed by atoms with Gasteiger partial charge in [0.1, 0.15) is 11.2 Å². The Kier molecular flexibility index (Phi) is 7.06. The summed E-state index contributed by atoms with van der Waals surface area (Å²) in [5, 5.41) is 7.34. The quantitative estimate of drug-likeness (QED) is 0.410. The van der Waals surface area contributed by atoms with E-state index in [4.69, 9.17) is 4.42 Å². The summed E-state index contributed by atoms with van der Waals surface area (Å²) < 4.78 is 6.98. The van der Waals surface area contributed by atoms with Crippen LogP contribution in [0, 0.1) is 6.92 Å². The second-order valence-corrected chi connectivity index (χ2v) is 8.33. The molecule has 4 aromatic rings. The number of benzene rings is 2. The van der Waals surface area contributed by atoms with Crippen LogP contribution < -0.4 is 5.32 Å². The Bertz CT molecular complexity index is 1280. The second-order valence-electron chi connectivity index (χ2n) is 8.33. The van der Waals surface area contributed by atoms with Gasteiger partial charge in [0.2, 0.25) is 0 Å². The molecule has 2 amide bonds. The molecule has 34 heavy (non-hydrogen) atoms. The van der Waals surface area contributed by atoms with Crippen LogP contribution >= 0.6 is 0 Å². The van der Waals surface area contributed by atoms with E-state index in [9.17, 15) is 9.59 Å². The van der Waals surface area contributed by atoms with Crippen LogP contribution in [0.1, 0.15) is 45.4 Å². The summed E-state index contributed by atoms with van der Waals surface area (Å²) in [5.41, 5.74) is 4.32. The van der Waals surface area contributed by atoms with Gasteiger partial charge in [-0.3, -0.25) is 14.3 Å². The lowest BCUT2D eigenvalue weighted by molar-refractivity contribution is 0.0723. The van der Waals surface area contributed by atoms with Crippen LogP contribution in [-0.4, -0.2) is 51.1 Å². The van der Waals surface area contributed by atoms with E-state index in [0.29, 0.717) is 48.3 Å². The molecule has 0 aliphatic carbocycles. The van der Waals surface area contributed by atoms with Crippen molar-refractivity contribution in [3.8, 4) is 0 Å². The van der Waals surface area contributed by atoms with Crippen molar-refractivity contribution < 1.29 is 14.0 Å². The molecule has 176 valence electrons.